The maximum absolute atomic E-state index is 10.3. The summed E-state index contributed by atoms with van der Waals surface area (Å²) in [5, 5.41) is 14.3. The lowest BCUT2D eigenvalue weighted by molar-refractivity contribution is 0.174. The van der Waals surface area contributed by atoms with Crippen molar-refractivity contribution in [2.24, 2.45) is 0 Å². The Morgan fingerprint density at radius 1 is 1.25 bits per heavy atom. The van der Waals surface area contributed by atoms with Gasteiger partial charge in [0.05, 0.1) is 20.7 Å². The van der Waals surface area contributed by atoms with Crippen molar-refractivity contribution in [1.29, 1.82) is 0 Å². The van der Waals surface area contributed by atoms with Crippen LogP contribution >= 0.6 is 34.5 Å². The SMILES string of the molecule is CC(C)(C)c1nc(C(O)Cc2ccc(Cl)c(Cl)c2)cs1. The molecule has 1 aromatic carbocycles. The highest BCUT2D eigenvalue weighted by Gasteiger charge is 2.20. The monoisotopic (exact) mass is 329 g/mol. The average Bonchev–Trinajstić information content (AvgIpc) is 2.83. The van der Waals surface area contributed by atoms with Crippen molar-refractivity contribution in [1.82, 2.24) is 4.98 Å². The summed E-state index contributed by atoms with van der Waals surface area (Å²) < 4.78 is 0. The molecule has 0 bridgehead atoms. The van der Waals surface area contributed by atoms with Crippen molar-refractivity contribution in [3.63, 3.8) is 0 Å². The molecule has 5 heteroatoms. The van der Waals surface area contributed by atoms with E-state index < -0.39 is 6.10 Å². The van der Waals surface area contributed by atoms with Gasteiger partial charge in [0, 0.05) is 17.2 Å². The zero-order valence-corrected chi connectivity index (χ0v) is 14.0. The van der Waals surface area contributed by atoms with Gasteiger partial charge in [-0.05, 0) is 17.7 Å². The molecule has 1 atom stereocenters. The predicted molar refractivity (Wildman–Crippen MR) is 85.9 cm³/mol. The van der Waals surface area contributed by atoms with Crippen LogP contribution in [0.2, 0.25) is 10.0 Å². The van der Waals surface area contributed by atoms with Crippen LogP contribution in [0.1, 0.15) is 43.1 Å². The third-order valence-corrected chi connectivity index (χ3v) is 4.94. The minimum atomic E-state index is -0.625. The first kappa shape index (κ1) is 15.8. The average molecular weight is 330 g/mol. The standard InChI is InChI=1S/C15H17Cl2NOS/c1-15(2,3)14-18-12(8-20-14)13(19)7-9-4-5-10(16)11(17)6-9/h4-6,8,13,19H,7H2,1-3H3. The minimum absolute atomic E-state index is 0.00617. The number of rotatable bonds is 3. The fourth-order valence-corrected chi connectivity index (χ4v) is 3.05. The third-order valence-electron chi connectivity index (χ3n) is 2.92. The molecule has 0 aliphatic carbocycles. The molecular weight excluding hydrogens is 313 g/mol. The number of benzene rings is 1. The molecule has 1 heterocycles. The molecule has 0 fully saturated rings. The third kappa shape index (κ3) is 3.73. The van der Waals surface area contributed by atoms with E-state index in [0.29, 0.717) is 22.2 Å². The molecule has 20 heavy (non-hydrogen) atoms. The minimum Gasteiger partial charge on any atom is -0.386 e. The van der Waals surface area contributed by atoms with Gasteiger partial charge in [0.1, 0.15) is 6.10 Å². The van der Waals surface area contributed by atoms with Crippen LogP contribution in [-0.2, 0) is 11.8 Å². The fourth-order valence-electron chi connectivity index (χ4n) is 1.78. The molecule has 2 nitrogen and oxygen atoms in total. The zero-order chi connectivity index (χ0) is 14.9. The number of aliphatic hydroxyl groups is 1. The maximum Gasteiger partial charge on any atom is 0.101 e. The van der Waals surface area contributed by atoms with Crippen molar-refractivity contribution in [3.8, 4) is 0 Å². The largest absolute Gasteiger partial charge is 0.386 e. The molecule has 2 rings (SSSR count). The molecule has 0 saturated carbocycles. The lowest BCUT2D eigenvalue weighted by atomic mass is 9.98. The quantitative estimate of drug-likeness (QED) is 0.857. The maximum atomic E-state index is 10.3. The van der Waals surface area contributed by atoms with E-state index in [0.717, 1.165) is 10.6 Å². The zero-order valence-electron chi connectivity index (χ0n) is 11.7. The van der Waals surface area contributed by atoms with Gasteiger partial charge < -0.3 is 5.11 Å². The van der Waals surface area contributed by atoms with E-state index in [2.05, 4.69) is 25.8 Å². The predicted octanol–water partition coefficient (Wildman–Crippen LogP) is 5.02. The Labute approximate surface area is 133 Å². The number of aliphatic hydroxyl groups excluding tert-OH is 1. The molecule has 1 N–H and O–H groups in total. The van der Waals surface area contributed by atoms with Crippen LogP contribution in [0.15, 0.2) is 23.6 Å². The summed E-state index contributed by atoms with van der Waals surface area (Å²) in [6, 6.07) is 5.40. The molecule has 1 unspecified atom stereocenters. The molecule has 2 aromatic rings. The molecule has 0 saturated heterocycles. The first-order valence-electron chi connectivity index (χ1n) is 6.35. The lowest BCUT2D eigenvalue weighted by Crippen LogP contribution is -2.11. The Bertz CT molecular complexity index is 604. The molecule has 0 radical (unpaired) electrons. The van der Waals surface area contributed by atoms with Gasteiger partial charge in [0.25, 0.3) is 0 Å². The number of hydrogen-bond donors (Lipinski definition) is 1. The normalized spacial score (nSPS) is 13.5. The number of thiazole rings is 1. The number of nitrogens with zero attached hydrogens (tertiary/aromatic N) is 1. The fraction of sp³-hybridized carbons (Fsp3) is 0.400. The topological polar surface area (TPSA) is 33.1 Å². The van der Waals surface area contributed by atoms with E-state index in [9.17, 15) is 5.11 Å². The second-order valence-electron chi connectivity index (χ2n) is 5.80. The molecule has 1 aromatic heterocycles. The highest BCUT2D eigenvalue weighted by molar-refractivity contribution is 7.09. The lowest BCUT2D eigenvalue weighted by Gasteiger charge is -2.14. The first-order valence-corrected chi connectivity index (χ1v) is 7.99. The van der Waals surface area contributed by atoms with Crippen LogP contribution in [0.4, 0.5) is 0 Å². The van der Waals surface area contributed by atoms with Gasteiger partial charge in [-0.25, -0.2) is 4.98 Å². The highest BCUT2D eigenvalue weighted by Crippen LogP contribution is 2.30. The molecule has 108 valence electrons. The van der Waals surface area contributed by atoms with Crippen LogP contribution in [0.5, 0.6) is 0 Å². The van der Waals surface area contributed by atoms with Crippen molar-refractivity contribution < 1.29 is 5.11 Å². The summed E-state index contributed by atoms with van der Waals surface area (Å²) >= 11 is 13.4. The molecule has 0 aliphatic rings. The summed E-state index contributed by atoms with van der Waals surface area (Å²) in [4.78, 5) is 4.53. The van der Waals surface area contributed by atoms with Gasteiger partial charge in [0.2, 0.25) is 0 Å². The van der Waals surface area contributed by atoms with Crippen LogP contribution in [-0.4, -0.2) is 10.1 Å². The number of hydrogen-bond acceptors (Lipinski definition) is 3. The Morgan fingerprint density at radius 3 is 2.50 bits per heavy atom. The Hall–Kier alpha value is -0.610. The van der Waals surface area contributed by atoms with Crippen molar-refractivity contribution in [2.75, 3.05) is 0 Å². The van der Waals surface area contributed by atoms with Crippen molar-refractivity contribution in [3.05, 3.63) is 49.9 Å². The van der Waals surface area contributed by atoms with Crippen LogP contribution in [0.25, 0.3) is 0 Å². The van der Waals surface area contributed by atoms with Gasteiger partial charge in [0.15, 0.2) is 0 Å². The van der Waals surface area contributed by atoms with E-state index in [4.69, 9.17) is 23.2 Å². The van der Waals surface area contributed by atoms with Crippen LogP contribution in [0, 0.1) is 0 Å². The van der Waals surface area contributed by atoms with Crippen molar-refractivity contribution in [2.45, 2.75) is 38.7 Å². The van der Waals surface area contributed by atoms with Gasteiger partial charge in [-0.2, -0.15) is 0 Å². The summed E-state index contributed by atoms with van der Waals surface area (Å²) in [7, 11) is 0. The first-order chi connectivity index (χ1) is 9.27. The summed E-state index contributed by atoms with van der Waals surface area (Å²) in [6.07, 6.45) is -0.149. The molecule has 0 aliphatic heterocycles. The Kier molecular flexibility index (Phi) is 4.75. The van der Waals surface area contributed by atoms with Gasteiger partial charge in [-0.15, -0.1) is 11.3 Å². The van der Waals surface area contributed by atoms with Crippen LogP contribution in [0.3, 0.4) is 0 Å². The van der Waals surface area contributed by atoms with Crippen molar-refractivity contribution >= 4 is 34.5 Å². The smallest absolute Gasteiger partial charge is 0.101 e. The molecule has 0 spiro atoms. The molecular formula is C15H17Cl2NOS. The Balaban J connectivity index is 2.13. The Morgan fingerprint density at radius 2 is 1.95 bits per heavy atom. The molecule has 0 amide bonds. The van der Waals surface area contributed by atoms with E-state index in [1.165, 1.54) is 0 Å². The van der Waals surface area contributed by atoms with E-state index in [-0.39, 0.29) is 5.41 Å². The number of aromatic nitrogens is 1. The highest BCUT2D eigenvalue weighted by atomic mass is 35.5. The summed E-state index contributed by atoms with van der Waals surface area (Å²) in [6.45, 7) is 6.34. The second-order valence-corrected chi connectivity index (χ2v) is 7.47. The number of halogens is 2. The van der Waals surface area contributed by atoms with E-state index >= 15 is 0 Å². The summed E-state index contributed by atoms with van der Waals surface area (Å²) in [5.74, 6) is 0. The second kappa shape index (κ2) is 6.02. The van der Waals surface area contributed by atoms with Gasteiger partial charge in [-0.3, -0.25) is 0 Å². The summed E-state index contributed by atoms with van der Waals surface area (Å²) in [5.41, 5.74) is 1.66. The van der Waals surface area contributed by atoms with Gasteiger partial charge in [-0.1, -0.05) is 50.0 Å². The van der Waals surface area contributed by atoms with Crippen LogP contribution < -0.4 is 0 Å². The van der Waals surface area contributed by atoms with E-state index in [1.807, 2.05) is 11.4 Å². The van der Waals surface area contributed by atoms with E-state index in [1.54, 1.807) is 23.5 Å². The van der Waals surface area contributed by atoms with Gasteiger partial charge >= 0.3 is 0 Å².